The lowest BCUT2D eigenvalue weighted by molar-refractivity contribution is -0.132. The Kier molecular flexibility index (Phi) is 7.39. The van der Waals surface area contributed by atoms with Gasteiger partial charge in [-0.3, -0.25) is 9.59 Å². The minimum absolute atomic E-state index is 0.00302. The highest BCUT2D eigenvalue weighted by Gasteiger charge is 2.25. The molecule has 26 heavy (non-hydrogen) atoms. The molecule has 0 aromatic heterocycles. The van der Waals surface area contributed by atoms with Crippen molar-refractivity contribution in [2.24, 2.45) is 0 Å². The van der Waals surface area contributed by atoms with Crippen molar-refractivity contribution in [3.8, 4) is 0 Å². The Morgan fingerprint density at radius 2 is 1.88 bits per heavy atom. The van der Waals surface area contributed by atoms with Crippen LogP contribution in [0.3, 0.4) is 0 Å². The lowest BCUT2D eigenvalue weighted by Gasteiger charge is -2.16. The molecule has 1 unspecified atom stereocenters. The molecule has 1 atom stereocenters. The van der Waals surface area contributed by atoms with Crippen LogP contribution in [0.2, 0.25) is 0 Å². The number of hydrogen-bond donors (Lipinski definition) is 1. The van der Waals surface area contributed by atoms with Gasteiger partial charge in [0.05, 0.1) is 6.04 Å². The van der Waals surface area contributed by atoms with Gasteiger partial charge in [-0.2, -0.15) is 0 Å². The monoisotopic (exact) mass is 416 g/mol. The van der Waals surface area contributed by atoms with E-state index >= 15 is 0 Å². The van der Waals surface area contributed by atoms with Gasteiger partial charge in [-0.05, 0) is 42.7 Å². The van der Waals surface area contributed by atoms with Gasteiger partial charge in [-0.15, -0.1) is 0 Å². The van der Waals surface area contributed by atoms with Gasteiger partial charge in [0.25, 0.3) is 0 Å². The van der Waals surface area contributed by atoms with E-state index in [4.69, 9.17) is 0 Å². The number of benzene rings is 1. The van der Waals surface area contributed by atoms with Crippen LogP contribution in [0.15, 0.2) is 64.7 Å². The molecular weight excluding hydrogens is 392 g/mol. The fourth-order valence-corrected chi connectivity index (χ4v) is 3.22. The second kappa shape index (κ2) is 9.53. The second-order valence-corrected chi connectivity index (χ2v) is 7.25. The maximum atomic E-state index is 12.4. The summed E-state index contributed by atoms with van der Waals surface area (Å²) in [4.78, 5) is 26.4. The number of hydrogen-bond acceptors (Lipinski definition) is 2. The van der Waals surface area contributed by atoms with Crippen molar-refractivity contribution in [3.05, 3.63) is 70.3 Å². The van der Waals surface area contributed by atoms with Crippen LogP contribution in [-0.2, 0) is 9.59 Å². The van der Waals surface area contributed by atoms with E-state index in [1.54, 1.807) is 11.0 Å². The highest BCUT2D eigenvalue weighted by molar-refractivity contribution is 9.10. The third kappa shape index (κ3) is 5.43. The van der Waals surface area contributed by atoms with Gasteiger partial charge in [0.1, 0.15) is 0 Å². The van der Waals surface area contributed by atoms with Crippen molar-refractivity contribution >= 4 is 27.7 Å². The summed E-state index contributed by atoms with van der Waals surface area (Å²) in [5.41, 5.74) is 3.29. The number of likely N-dealkylation sites (tertiary alicyclic amines) is 1. The minimum atomic E-state index is -0.110. The fourth-order valence-electron chi connectivity index (χ4n) is 2.95. The van der Waals surface area contributed by atoms with Crippen LogP contribution < -0.4 is 5.32 Å². The quantitative estimate of drug-likeness (QED) is 0.750. The Balaban J connectivity index is 1.83. The first-order valence-corrected chi connectivity index (χ1v) is 9.53. The molecule has 1 saturated heterocycles. The Hall–Kier alpha value is -2.14. The van der Waals surface area contributed by atoms with Gasteiger partial charge in [-0.25, -0.2) is 0 Å². The topological polar surface area (TPSA) is 49.4 Å². The number of nitrogens with zero attached hydrogens (tertiary/aromatic N) is 1. The summed E-state index contributed by atoms with van der Waals surface area (Å²) in [6, 6.07) is 7.74. The number of carbonyl (C=O) groups excluding carboxylic acids is 2. The molecule has 0 saturated carbocycles. The van der Waals surface area contributed by atoms with Gasteiger partial charge in [0.2, 0.25) is 11.8 Å². The molecule has 138 valence electrons. The van der Waals surface area contributed by atoms with Crippen LogP contribution in [0.25, 0.3) is 0 Å². The molecular formula is C21H25BrN2O2. The molecule has 2 rings (SSSR count). The fraction of sp³-hybridized carbons (Fsp3) is 0.333. The Morgan fingerprint density at radius 1 is 1.23 bits per heavy atom. The van der Waals surface area contributed by atoms with Crippen molar-refractivity contribution in [1.29, 1.82) is 0 Å². The number of carbonyl (C=O) groups is 2. The minimum Gasteiger partial charge on any atom is -0.350 e. The summed E-state index contributed by atoms with van der Waals surface area (Å²) >= 11 is 3.40. The summed E-state index contributed by atoms with van der Waals surface area (Å²) in [6.45, 7) is 8.81. The molecule has 0 spiro atoms. The van der Waals surface area contributed by atoms with Crippen LogP contribution in [0, 0.1) is 0 Å². The molecule has 4 nitrogen and oxygen atoms in total. The lowest BCUT2D eigenvalue weighted by Crippen LogP contribution is -2.31. The van der Waals surface area contributed by atoms with E-state index in [-0.39, 0.29) is 30.7 Å². The van der Waals surface area contributed by atoms with E-state index in [9.17, 15) is 9.59 Å². The average molecular weight is 417 g/mol. The molecule has 1 N–H and O–H groups in total. The maximum Gasteiger partial charge on any atom is 0.223 e. The molecule has 2 amide bonds. The van der Waals surface area contributed by atoms with Crippen molar-refractivity contribution < 1.29 is 9.59 Å². The maximum absolute atomic E-state index is 12.4. The SMILES string of the molecule is C=C/C=C1/CN(C(=O)CCC(=O)NC(C)c2ccc(Br)cc2)C/C1=C/C. The summed E-state index contributed by atoms with van der Waals surface area (Å²) in [5.74, 6) is -0.107. The largest absolute Gasteiger partial charge is 0.350 e. The molecule has 1 aromatic rings. The van der Waals surface area contributed by atoms with Crippen molar-refractivity contribution in [1.82, 2.24) is 10.2 Å². The summed E-state index contributed by atoms with van der Waals surface area (Å²) in [6.07, 6.45) is 6.12. The zero-order chi connectivity index (χ0) is 19.1. The van der Waals surface area contributed by atoms with E-state index in [1.807, 2.05) is 50.3 Å². The third-order valence-electron chi connectivity index (χ3n) is 4.47. The van der Waals surface area contributed by atoms with E-state index in [1.165, 1.54) is 0 Å². The first kappa shape index (κ1) is 20.2. The van der Waals surface area contributed by atoms with Gasteiger partial charge < -0.3 is 10.2 Å². The molecule has 5 heteroatoms. The van der Waals surface area contributed by atoms with E-state index in [2.05, 4.69) is 27.8 Å². The van der Waals surface area contributed by atoms with Gasteiger partial charge in [-0.1, -0.05) is 52.9 Å². The van der Waals surface area contributed by atoms with Crippen LogP contribution in [-0.4, -0.2) is 29.8 Å². The van der Waals surface area contributed by atoms with Gasteiger partial charge in [0.15, 0.2) is 0 Å². The predicted octanol–water partition coefficient (Wildman–Crippen LogP) is 4.31. The Labute approximate surface area is 163 Å². The number of rotatable bonds is 6. The van der Waals surface area contributed by atoms with Crippen LogP contribution >= 0.6 is 15.9 Å². The first-order valence-electron chi connectivity index (χ1n) is 8.74. The molecule has 1 aromatic carbocycles. The highest BCUT2D eigenvalue weighted by Crippen LogP contribution is 2.23. The smallest absolute Gasteiger partial charge is 0.223 e. The number of nitrogens with one attached hydrogen (secondary N) is 1. The van der Waals surface area contributed by atoms with E-state index in [0.717, 1.165) is 21.2 Å². The second-order valence-electron chi connectivity index (χ2n) is 6.33. The summed E-state index contributed by atoms with van der Waals surface area (Å²) in [7, 11) is 0. The molecule has 0 aliphatic carbocycles. The molecule has 0 radical (unpaired) electrons. The van der Waals surface area contributed by atoms with Crippen molar-refractivity contribution in [2.75, 3.05) is 13.1 Å². The zero-order valence-electron chi connectivity index (χ0n) is 15.3. The highest BCUT2D eigenvalue weighted by atomic mass is 79.9. The predicted molar refractivity (Wildman–Crippen MR) is 109 cm³/mol. The first-order chi connectivity index (χ1) is 12.4. The van der Waals surface area contributed by atoms with Crippen LogP contribution in [0.4, 0.5) is 0 Å². The number of allylic oxidation sites excluding steroid dienone is 3. The molecule has 1 heterocycles. The van der Waals surface area contributed by atoms with Crippen LogP contribution in [0.1, 0.15) is 38.3 Å². The third-order valence-corrected chi connectivity index (χ3v) is 5.00. The lowest BCUT2D eigenvalue weighted by atomic mass is 10.1. The van der Waals surface area contributed by atoms with Crippen molar-refractivity contribution in [3.63, 3.8) is 0 Å². The molecule has 0 bridgehead atoms. The van der Waals surface area contributed by atoms with E-state index < -0.39 is 0 Å². The zero-order valence-corrected chi connectivity index (χ0v) is 16.9. The number of amides is 2. The molecule has 1 fully saturated rings. The average Bonchev–Trinajstić information content (AvgIpc) is 3.03. The summed E-state index contributed by atoms with van der Waals surface area (Å²) < 4.78 is 1.00. The van der Waals surface area contributed by atoms with Crippen molar-refractivity contribution in [2.45, 2.75) is 32.7 Å². The summed E-state index contributed by atoms with van der Waals surface area (Å²) in [5, 5.41) is 2.95. The molecule has 1 aliphatic rings. The Morgan fingerprint density at radius 3 is 2.50 bits per heavy atom. The normalized spacial score (nSPS) is 18.2. The van der Waals surface area contributed by atoms with Crippen LogP contribution in [0.5, 0.6) is 0 Å². The number of halogens is 1. The van der Waals surface area contributed by atoms with Gasteiger partial charge >= 0.3 is 0 Å². The van der Waals surface area contributed by atoms with Gasteiger partial charge in [0, 0.05) is 30.4 Å². The molecule has 1 aliphatic heterocycles. The van der Waals surface area contributed by atoms with E-state index in [0.29, 0.717) is 13.1 Å². The standard InChI is InChI=1S/C21H25BrN2O2/c1-4-6-18-14-24(13-16(18)5-2)21(26)12-11-20(25)23-15(3)17-7-9-19(22)10-8-17/h4-10,15H,1,11-14H2,2-3H3,(H,23,25)/b16-5-,18-6-. The Bertz CT molecular complexity index is 735.